The predicted molar refractivity (Wildman–Crippen MR) is 129 cm³/mol. The number of hydrogen-bond acceptors (Lipinski definition) is 9. The van der Waals surface area contributed by atoms with Gasteiger partial charge in [-0.05, 0) is 55.0 Å². The molecule has 1 aliphatic heterocycles. The molecule has 0 amide bonds. The van der Waals surface area contributed by atoms with Gasteiger partial charge in [0.05, 0.1) is 13.5 Å². The predicted octanol–water partition coefficient (Wildman–Crippen LogP) is 4.49. The maximum absolute atomic E-state index is 14.3. The molecule has 1 atom stereocenters. The van der Waals surface area contributed by atoms with Gasteiger partial charge in [0, 0.05) is 31.0 Å². The number of esters is 2. The van der Waals surface area contributed by atoms with Crippen molar-refractivity contribution in [3.63, 3.8) is 0 Å². The molecule has 0 fully saturated rings. The van der Waals surface area contributed by atoms with Crippen molar-refractivity contribution in [2.45, 2.75) is 57.0 Å². The van der Waals surface area contributed by atoms with E-state index in [-0.39, 0.29) is 23.6 Å². The first-order valence-electron chi connectivity index (χ1n) is 12.3. The van der Waals surface area contributed by atoms with Gasteiger partial charge in [-0.1, -0.05) is 17.3 Å². The van der Waals surface area contributed by atoms with Crippen molar-refractivity contribution in [2.24, 2.45) is 0 Å². The van der Waals surface area contributed by atoms with E-state index < -0.39 is 36.3 Å². The Balaban J connectivity index is 1.40. The van der Waals surface area contributed by atoms with Crippen LogP contribution >= 0.6 is 0 Å². The quantitative estimate of drug-likeness (QED) is 0.221. The van der Waals surface area contributed by atoms with Gasteiger partial charge in [-0.2, -0.15) is 18.2 Å². The van der Waals surface area contributed by atoms with Gasteiger partial charge in [0.15, 0.2) is 17.4 Å². The number of carbonyl (C=O) groups excluding carboxylic acids is 2. The van der Waals surface area contributed by atoms with Gasteiger partial charge in [-0.3, -0.25) is 4.79 Å². The largest absolute Gasteiger partial charge is 0.494 e. The number of anilines is 1. The number of aromatic nitrogens is 3. The smallest absolute Gasteiger partial charge is 0.491 e. The highest BCUT2D eigenvalue weighted by molar-refractivity contribution is 5.88. The van der Waals surface area contributed by atoms with E-state index in [0.29, 0.717) is 25.1 Å². The molecule has 1 aromatic carbocycles. The molecule has 3 aromatic rings. The summed E-state index contributed by atoms with van der Waals surface area (Å²) >= 11 is 0. The van der Waals surface area contributed by atoms with E-state index >= 15 is 0 Å². The number of benzene rings is 1. The Bertz CT molecular complexity index is 1330. The van der Waals surface area contributed by atoms with Crippen LogP contribution < -0.4 is 10.1 Å². The van der Waals surface area contributed by atoms with E-state index in [1.54, 1.807) is 0 Å². The van der Waals surface area contributed by atoms with Crippen LogP contribution in [0.5, 0.6) is 5.75 Å². The highest BCUT2D eigenvalue weighted by atomic mass is 19.4. The molecule has 39 heavy (non-hydrogen) atoms. The molecule has 0 radical (unpaired) electrons. The molecule has 208 valence electrons. The van der Waals surface area contributed by atoms with Crippen molar-refractivity contribution < 1.29 is 41.1 Å². The Morgan fingerprint density at radius 2 is 1.97 bits per heavy atom. The second kappa shape index (κ2) is 12.2. The molecule has 1 aliphatic rings. The average Bonchev–Trinajstić information content (AvgIpc) is 3.34. The number of halogens is 4. The van der Waals surface area contributed by atoms with Crippen LogP contribution in [0.4, 0.5) is 23.4 Å². The van der Waals surface area contributed by atoms with Crippen molar-refractivity contribution in [3.8, 4) is 5.75 Å². The Labute approximate surface area is 220 Å². The highest BCUT2D eigenvalue weighted by Gasteiger charge is 2.42. The third-order valence-electron chi connectivity index (χ3n) is 6.21. The maximum atomic E-state index is 14.3. The summed E-state index contributed by atoms with van der Waals surface area (Å²) in [6, 6.07) is 7.91. The van der Waals surface area contributed by atoms with Crippen molar-refractivity contribution in [1.82, 2.24) is 15.1 Å². The second-order valence-corrected chi connectivity index (χ2v) is 9.06. The molecule has 0 saturated heterocycles. The molecule has 0 bridgehead atoms. The van der Waals surface area contributed by atoms with Crippen molar-refractivity contribution in [1.29, 1.82) is 0 Å². The summed E-state index contributed by atoms with van der Waals surface area (Å²) < 4.78 is 65.9. The standard InChI is InChI=1S/C26H26F4N4O5/c1-37-20-10-8-16(12-19(20)27)17(14-23(35)38-25(36)26(28,29)30)13-22-33-21(34-39-22)6-2-5-18-9-7-15-4-3-11-31-24(15)32-18/h7-10,12,17H,2-6,11,13-14H2,1H3,(H,31,32). The maximum Gasteiger partial charge on any atom is 0.491 e. The summed E-state index contributed by atoms with van der Waals surface area (Å²) in [4.78, 5) is 32.2. The lowest BCUT2D eigenvalue weighted by Crippen LogP contribution is -2.28. The molecule has 0 saturated carbocycles. The molecule has 13 heteroatoms. The van der Waals surface area contributed by atoms with E-state index in [1.165, 1.54) is 24.8 Å². The van der Waals surface area contributed by atoms with E-state index in [9.17, 15) is 27.2 Å². The monoisotopic (exact) mass is 550 g/mol. The van der Waals surface area contributed by atoms with Crippen LogP contribution in [-0.2, 0) is 40.0 Å². The fraction of sp³-hybridized carbons (Fsp3) is 0.423. The van der Waals surface area contributed by atoms with Crippen molar-refractivity contribution in [2.75, 3.05) is 19.0 Å². The zero-order valence-electron chi connectivity index (χ0n) is 21.0. The third kappa shape index (κ3) is 7.52. The number of aryl methyl sites for hydroxylation is 3. The molecule has 0 aliphatic carbocycles. The first kappa shape index (κ1) is 28.0. The minimum absolute atomic E-state index is 0.0587. The molecule has 4 rings (SSSR count). The fourth-order valence-corrected chi connectivity index (χ4v) is 4.27. The van der Waals surface area contributed by atoms with E-state index in [4.69, 9.17) is 9.26 Å². The average molecular weight is 551 g/mol. The first-order valence-corrected chi connectivity index (χ1v) is 12.3. The number of alkyl halides is 3. The Kier molecular flexibility index (Phi) is 8.77. The summed E-state index contributed by atoms with van der Waals surface area (Å²) in [6.07, 6.45) is -2.18. The number of rotatable bonds is 10. The number of nitrogens with zero attached hydrogens (tertiary/aromatic N) is 3. The molecule has 0 spiro atoms. The van der Waals surface area contributed by atoms with Gasteiger partial charge >= 0.3 is 18.1 Å². The van der Waals surface area contributed by atoms with Gasteiger partial charge < -0.3 is 19.3 Å². The molecule has 1 unspecified atom stereocenters. The van der Waals surface area contributed by atoms with Gasteiger partial charge in [-0.15, -0.1) is 0 Å². The topological polar surface area (TPSA) is 116 Å². The molecule has 1 N–H and O–H groups in total. The fourth-order valence-electron chi connectivity index (χ4n) is 4.27. The lowest BCUT2D eigenvalue weighted by Gasteiger charge is -2.17. The lowest BCUT2D eigenvalue weighted by molar-refractivity contribution is -0.202. The number of methoxy groups -OCH3 is 1. The van der Waals surface area contributed by atoms with E-state index in [1.807, 2.05) is 6.07 Å². The van der Waals surface area contributed by atoms with Gasteiger partial charge in [0.2, 0.25) is 5.89 Å². The third-order valence-corrected chi connectivity index (χ3v) is 6.21. The summed E-state index contributed by atoms with van der Waals surface area (Å²) in [7, 11) is 1.27. The van der Waals surface area contributed by atoms with Crippen LogP contribution in [0.3, 0.4) is 0 Å². The molecule has 3 heterocycles. The summed E-state index contributed by atoms with van der Waals surface area (Å²) in [6.45, 7) is 0.898. The van der Waals surface area contributed by atoms with Gasteiger partial charge in [-0.25, -0.2) is 14.2 Å². The van der Waals surface area contributed by atoms with Crippen LogP contribution in [0.15, 0.2) is 34.9 Å². The van der Waals surface area contributed by atoms with Gasteiger partial charge in [0.1, 0.15) is 5.82 Å². The molecular weight excluding hydrogens is 524 g/mol. The lowest BCUT2D eigenvalue weighted by atomic mass is 9.92. The van der Waals surface area contributed by atoms with Crippen LogP contribution in [0.25, 0.3) is 0 Å². The minimum atomic E-state index is -5.33. The number of hydrogen-bond donors (Lipinski definition) is 1. The zero-order chi connectivity index (χ0) is 28.0. The number of carbonyl (C=O) groups is 2. The Morgan fingerprint density at radius 3 is 2.72 bits per heavy atom. The van der Waals surface area contributed by atoms with Crippen LogP contribution in [0, 0.1) is 5.82 Å². The summed E-state index contributed by atoms with van der Waals surface area (Å²) in [5.74, 6) is -4.36. The molecular formula is C26H26F4N4O5. The van der Waals surface area contributed by atoms with Crippen molar-refractivity contribution in [3.05, 3.63) is 64.7 Å². The van der Waals surface area contributed by atoms with Crippen molar-refractivity contribution >= 4 is 17.8 Å². The Hall–Kier alpha value is -4.03. The number of pyridine rings is 1. The van der Waals surface area contributed by atoms with Crippen LogP contribution in [-0.4, -0.2) is 46.9 Å². The number of ether oxygens (including phenoxy) is 2. The number of nitrogens with one attached hydrogen (secondary N) is 1. The summed E-state index contributed by atoms with van der Waals surface area (Å²) in [5.41, 5.74) is 2.38. The number of fused-ring (bicyclic) bond motifs is 1. The van der Waals surface area contributed by atoms with Gasteiger partial charge in [0.25, 0.3) is 0 Å². The first-order chi connectivity index (χ1) is 18.6. The molecule has 2 aromatic heterocycles. The highest BCUT2D eigenvalue weighted by Crippen LogP contribution is 2.29. The SMILES string of the molecule is COc1ccc(C(CC(=O)OC(=O)C(F)(F)F)Cc2nc(CCCc3ccc4c(n3)NCCC4)no2)cc1F. The van der Waals surface area contributed by atoms with E-state index in [2.05, 4.69) is 31.2 Å². The second-order valence-electron chi connectivity index (χ2n) is 9.06. The summed E-state index contributed by atoms with van der Waals surface area (Å²) in [5, 5.41) is 7.24. The van der Waals surface area contributed by atoms with Crippen LogP contribution in [0.2, 0.25) is 0 Å². The van der Waals surface area contributed by atoms with E-state index in [0.717, 1.165) is 37.0 Å². The zero-order valence-corrected chi connectivity index (χ0v) is 21.0. The molecule has 9 nitrogen and oxygen atoms in total. The Morgan fingerprint density at radius 1 is 1.15 bits per heavy atom. The normalized spacial score (nSPS) is 13.8. The van der Waals surface area contributed by atoms with Crippen LogP contribution in [0.1, 0.15) is 53.7 Å². The minimum Gasteiger partial charge on any atom is -0.494 e.